The van der Waals surface area contributed by atoms with E-state index in [0.717, 1.165) is 0 Å². The normalized spacial score (nSPS) is 24.1. The average molecular weight is 249 g/mol. The summed E-state index contributed by atoms with van der Waals surface area (Å²) in [7, 11) is 0. The number of aliphatic hydroxyl groups excluding tert-OH is 1. The summed E-state index contributed by atoms with van der Waals surface area (Å²) < 4.78 is 6.74. The van der Waals surface area contributed by atoms with Gasteiger partial charge in [-0.25, -0.2) is 4.79 Å². The highest BCUT2D eigenvalue weighted by Crippen LogP contribution is 2.26. The van der Waals surface area contributed by atoms with Crippen LogP contribution in [0.4, 0.5) is 0 Å². The summed E-state index contributed by atoms with van der Waals surface area (Å²) in [6.07, 6.45) is 2.19. The molecule has 2 N–H and O–H groups in total. The maximum Gasteiger partial charge on any atom is 0.330 e. The topological polar surface area (TPSA) is 84.3 Å². The van der Waals surface area contributed by atoms with Crippen molar-refractivity contribution in [2.24, 2.45) is 0 Å². The van der Waals surface area contributed by atoms with Gasteiger partial charge < -0.3 is 9.84 Å². The van der Waals surface area contributed by atoms with Gasteiger partial charge in [-0.2, -0.15) is 0 Å². The van der Waals surface area contributed by atoms with E-state index in [1.807, 2.05) is 0 Å². The number of hydrogen-bond acceptors (Lipinski definition) is 4. The Kier molecular flexibility index (Phi) is 4.28. The summed E-state index contributed by atoms with van der Waals surface area (Å²) in [4.78, 5) is 24.4. The van der Waals surface area contributed by atoms with Crippen LogP contribution in [0, 0.1) is 0 Å². The van der Waals surface area contributed by atoms with Crippen molar-refractivity contribution in [1.82, 2.24) is 9.55 Å². The maximum atomic E-state index is 11.4. The summed E-state index contributed by atoms with van der Waals surface area (Å²) in [5, 5.41) is 8.87. The van der Waals surface area contributed by atoms with Gasteiger partial charge in [-0.05, 0) is 12.8 Å². The molecule has 1 aliphatic rings. The van der Waals surface area contributed by atoms with Gasteiger partial charge in [0, 0.05) is 12.3 Å². The summed E-state index contributed by atoms with van der Waals surface area (Å²) in [5.41, 5.74) is -0.904. The second kappa shape index (κ2) is 5.29. The number of nitrogens with one attached hydrogen (secondary N) is 1. The molecule has 0 unspecified atom stereocenters. The summed E-state index contributed by atoms with van der Waals surface area (Å²) in [5.74, 6) is 0. The number of H-pyrrole nitrogens is 1. The van der Waals surface area contributed by atoms with E-state index in [1.165, 1.54) is 16.8 Å². The van der Waals surface area contributed by atoms with Crippen LogP contribution in [-0.4, -0.2) is 27.4 Å². The highest BCUT2D eigenvalue weighted by Gasteiger charge is 2.26. The lowest BCUT2D eigenvalue weighted by atomic mass is 10.2. The Labute approximate surface area is 97.3 Å². The standard InChI is InChI=1S/C9H12N2O4.ClH/c12-5-6-1-2-8(15-6)11-4-3-7(13)10-9(11)14;/h3-4,6,8,12H,1-2,5H2,(H,10,13,14);1H/t6-,8+;/m0./s1. The van der Waals surface area contributed by atoms with Gasteiger partial charge in [0.2, 0.25) is 0 Å². The minimum atomic E-state index is -0.480. The van der Waals surface area contributed by atoms with Crippen LogP contribution in [-0.2, 0) is 4.74 Å². The molecule has 0 saturated carbocycles. The zero-order valence-corrected chi connectivity index (χ0v) is 9.27. The Morgan fingerprint density at radius 3 is 2.81 bits per heavy atom. The van der Waals surface area contributed by atoms with Gasteiger partial charge in [-0.1, -0.05) is 0 Å². The molecule has 2 heterocycles. The maximum absolute atomic E-state index is 11.4. The second-order valence-corrected chi connectivity index (χ2v) is 3.49. The Balaban J connectivity index is 0.00000128. The molecule has 0 bridgehead atoms. The quantitative estimate of drug-likeness (QED) is 0.748. The van der Waals surface area contributed by atoms with E-state index in [4.69, 9.17) is 9.84 Å². The van der Waals surface area contributed by atoms with Crippen LogP contribution < -0.4 is 11.2 Å². The lowest BCUT2D eigenvalue weighted by Gasteiger charge is -2.13. The van der Waals surface area contributed by atoms with Gasteiger partial charge >= 0.3 is 5.69 Å². The molecule has 0 aromatic carbocycles. The molecule has 0 aliphatic carbocycles. The van der Waals surface area contributed by atoms with E-state index < -0.39 is 11.2 Å². The number of hydrogen-bond donors (Lipinski definition) is 2. The SMILES string of the molecule is Cl.O=c1ccn([C@H]2CC[C@@H](CO)O2)c(=O)[nH]1. The third-order valence-electron chi connectivity index (χ3n) is 2.45. The Morgan fingerprint density at radius 1 is 1.50 bits per heavy atom. The number of nitrogens with zero attached hydrogens (tertiary/aromatic N) is 1. The number of aromatic amines is 1. The summed E-state index contributed by atoms with van der Waals surface area (Å²) >= 11 is 0. The Bertz CT molecular complexity index is 455. The zero-order chi connectivity index (χ0) is 10.8. The number of halogens is 1. The van der Waals surface area contributed by atoms with Crippen molar-refractivity contribution < 1.29 is 9.84 Å². The van der Waals surface area contributed by atoms with Crippen molar-refractivity contribution in [3.63, 3.8) is 0 Å². The number of rotatable bonds is 2. The molecule has 1 aromatic heterocycles. The van der Waals surface area contributed by atoms with Crippen molar-refractivity contribution in [3.8, 4) is 0 Å². The van der Waals surface area contributed by atoms with Crippen LogP contribution in [0.25, 0.3) is 0 Å². The molecule has 1 aliphatic heterocycles. The fraction of sp³-hybridized carbons (Fsp3) is 0.556. The van der Waals surface area contributed by atoms with Crippen molar-refractivity contribution in [2.45, 2.75) is 25.2 Å². The van der Waals surface area contributed by atoms with Crippen LogP contribution in [0.1, 0.15) is 19.1 Å². The van der Waals surface area contributed by atoms with E-state index in [9.17, 15) is 9.59 Å². The van der Waals surface area contributed by atoms with Crippen molar-refractivity contribution >= 4 is 12.4 Å². The van der Waals surface area contributed by atoms with Crippen LogP contribution in [0.2, 0.25) is 0 Å². The van der Waals surface area contributed by atoms with Gasteiger partial charge in [0.15, 0.2) is 0 Å². The molecular formula is C9H13ClN2O4. The summed E-state index contributed by atoms with van der Waals surface area (Å²) in [6.45, 7) is -0.0470. The van der Waals surface area contributed by atoms with Crippen LogP contribution in [0.3, 0.4) is 0 Å². The largest absolute Gasteiger partial charge is 0.394 e. The third kappa shape index (κ3) is 2.52. The average Bonchev–Trinajstić information content (AvgIpc) is 2.66. The summed E-state index contributed by atoms with van der Waals surface area (Å²) in [6, 6.07) is 1.27. The first-order chi connectivity index (χ1) is 7.20. The molecular weight excluding hydrogens is 236 g/mol. The second-order valence-electron chi connectivity index (χ2n) is 3.49. The highest BCUT2D eigenvalue weighted by molar-refractivity contribution is 5.85. The predicted molar refractivity (Wildman–Crippen MR) is 58.8 cm³/mol. The van der Waals surface area contributed by atoms with Gasteiger partial charge in [-0.15, -0.1) is 12.4 Å². The molecule has 0 amide bonds. The molecule has 0 spiro atoms. The van der Waals surface area contributed by atoms with Crippen molar-refractivity contribution in [2.75, 3.05) is 6.61 Å². The van der Waals surface area contributed by atoms with E-state index in [-0.39, 0.29) is 31.3 Å². The molecule has 7 heteroatoms. The first kappa shape index (κ1) is 13.0. The molecule has 0 radical (unpaired) electrons. The minimum Gasteiger partial charge on any atom is -0.394 e. The van der Waals surface area contributed by atoms with Crippen LogP contribution in [0.5, 0.6) is 0 Å². The van der Waals surface area contributed by atoms with E-state index >= 15 is 0 Å². The van der Waals surface area contributed by atoms with E-state index in [0.29, 0.717) is 12.8 Å². The molecule has 2 rings (SSSR count). The molecule has 90 valence electrons. The lowest BCUT2D eigenvalue weighted by molar-refractivity contribution is -0.0246. The number of ether oxygens (including phenoxy) is 1. The molecule has 1 saturated heterocycles. The molecule has 1 aromatic rings. The molecule has 1 fully saturated rings. The van der Waals surface area contributed by atoms with Gasteiger partial charge in [0.25, 0.3) is 5.56 Å². The van der Waals surface area contributed by atoms with E-state index in [2.05, 4.69) is 4.98 Å². The monoisotopic (exact) mass is 248 g/mol. The first-order valence-electron chi connectivity index (χ1n) is 4.78. The molecule has 2 atom stereocenters. The minimum absolute atomic E-state index is 0. The fourth-order valence-corrected chi connectivity index (χ4v) is 1.68. The first-order valence-corrected chi connectivity index (χ1v) is 4.78. The van der Waals surface area contributed by atoms with E-state index in [1.54, 1.807) is 0 Å². The number of aromatic nitrogens is 2. The van der Waals surface area contributed by atoms with Gasteiger partial charge in [0.05, 0.1) is 12.7 Å². The van der Waals surface area contributed by atoms with Crippen LogP contribution in [0.15, 0.2) is 21.9 Å². The third-order valence-corrected chi connectivity index (χ3v) is 2.45. The molecule has 16 heavy (non-hydrogen) atoms. The van der Waals surface area contributed by atoms with Crippen molar-refractivity contribution in [1.29, 1.82) is 0 Å². The van der Waals surface area contributed by atoms with Crippen molar-refractivity contribution in [3.05, 3.63) is 33.1 Å². The predicted octanol–water partition coefficient (Wildman–Crippen LogP) is -0.372. The molecule has 6 nitrogen and oxygen atoms in total. The highest BCUT2D eigenvalue weighted by atomic mass is 35.5. The van der Waals surface area contributed by atoms with Gasteiger partial charge in [-0.3, -0.25) is 14.3 Å². The number of aliphatic hydroxyl groups is 1. The Hall–Kier alpha value is -1.11. The smallest absolute Gasteiger partial charge is 0.330 e. The van der Waals surface area contributed by atoms with Crippen LogP contribution >= 0.6 is 12.4 Å². The lowest BCUT2D eigenvalue weighted by Crippen LogP contribution is -2.31. The fourth-order valence-electron chi connectivity index (χ4n) is 1.68. The Morgan fingerprint density at radius 2 is 2.25 bits per heavy atom. The van der Waals surface area contributed by atoms with Gasteiger partial charge in [0.1, 0.15) is 6.23 Å². The zero-order valence-electron chi connectivity index (χ0n) is 8.46.